The van der Waals surface area contributed by atoms with E-state index in [1.165, 1.54) is 11.3 Å². The van der Waals surface area contributed by atoms with Crippen LogP contribution in [0.15, 0.2) is 20.1 Å². The van der Waals surface area contributed by atoms with Crippen molar-refractivity contribution in [3.63, 3.8) is 0 Å². The average Bonchev–Trinajstić information content (AvgIpc) is 2.68. The highest BCUT2D eigenvalue weighted by Crippen LogP contribution is 2.28. The highest BCUT2D eigenvalue weighted by molar-refractivity contribution is 9.10. The van der Waals surface area contributed by atoms with Gasteiger partial charge in [0.1, 0.15) is 4.21 Å². The molecule has 0 aliphatic heterocycles. The largest absolute Gasteiger partial charge is 0.326 e. The topological polar surface area (TPSA) is 72.2 Å². The van der Waals surface area contributed by atoms with E-state index in [1.54, 1.807) is 11.4 Å². The summed E-state index contributed by atoms with van der Waals surface area (Å²) in [6, 6.07) is 1.53. The van der Waals surface area contributed by atoms with Crippen molar-refractivity contribution in [1.29, 1.82) is 0 Å². The number of thiophene rings is 1. The number of sulfonamides is 1. The molecular formula is C10H15BrN2O2S2. The van der Waals surface area contributed by atoms with Crippen molar-refractivity contribution in [3.05, 3.63) is 15.9 Å². The van der Waals surface area contributed by atoms with Crippen LogP contribution in [0.5, 0.6) is 0 Å². The van der Waals surface area contributed by atoms with Crippen LogP contribution in [0.2, 0.25) is 0 Å². The molecule has 1 aliphatic rings. The maximum absolute atomic E-state index is 12.1. The Morgan fingerprint density at radius 2 is 2.12 bits per heavy atom. The Kier molecular flexibility index (Phi) is 4.25. The molecule has 17 heavy (non-hydrogen) atoms. The Bertz CT molecular complexity index is 486. The maximum Gasteiger partial charge on any atom is 0.251 e. The summed E-state index contributed by atoms with van der Waals surface area (Å²) in [6.45, 7) is 0. The van der Waals surface area contributed by atoms with Gasteiger partial charge in [-0.15, -0.1) is 11.3 Å². The normalized spacial score (nSPS) is 26.0. The molecule has 1 saturated carbocycles. The number of hydrogen-bond donors (Lipinski definition) is 2. The average molecular weight is 339 g/mol. The first-order chi connectivity index (χ1) is 8.00. The zero-order chi connectivity index (χ0) is 12.5. The number of nitrogens with two attached hydrogens (primary N) is 1. The Morgan fingerprint density at radius 3 is 2.71 bits per heavy atom. The Morgan fingerprint density at radius 1 is 1.41 bits per heavy atom. The van der Waals surface area contributed by atoms with Crippen LogP contribution < -0.4 is 10.5 Å². The quantitative estimate of drug-likeness (QED) is 0.885. The van der Waals surface area contributed by atoms with Crippen LogP contribution in [0.1, 0.15) is 25.7 Å². The fourth-order valence-corrected chi connectivity index (χ4v) is 5.71. The lowest BCUT2D eigenvalue weighted by Gasteiger charge is -2.28. The molecule has 1 aromatic rings. The molecule has 2 atom stereocenters. The fourth-order valence-electron chi connectivity index (χ4n) is 2.03. The van der Waals surface area contributed by atoms with Crippen LogP contribution in [-0.4, -0.2) is 20.5 Å². The smallest absolute Gasteiger partial charge is 0.251 e. The van der Waals surface area contributed by atoms with Crippen LogP contribution in [0.4, 0.5) is 0 Å². The summed E-state index contributed by atoms with van der Waals surface area (Å²) in [6.07, 6.45) is 3.83. The highest BCUT2D eigenvalue weighted by Gasteiger charge is 2.28. The summed E-state index contributed by atoms with van der Waals surface area (Å²) >= 11 is 4.45. The summed E-state index contributed by atoms with van der Waals surface area (Å²) < 4.78 is 27.9. The molecule has 7 heteroatoms. The van der Waals surface area contributed by atoms with E-state index >= 15 is 0 Å². The van der Waals surface area contributed by atoms with Crippen molar-refractivity contribution in [1.82, 2.24) is 4.72 Å². The SMILES string of the molecule is NC1CCCCC1NS(=O)(=O)c1sccc1Br. The van der Waals surface area contributed by atoms with E-state index in [1.807, 2.05) is 0 Å². The molecule has 1 aromatic heterocycles. The van der Waals surface area contributed by atoms with Crippen molar-refractivity contribution in [2.75, 3.05) is 0 Å². The lowest BCUT2D eigenvalue weighted by Crippen LogP contribution is -2.49. The molecule has 2 unspecified atom stereocenters. The van der Waals surface area contributed by atoms with Crippen LogP contribution in [0, 0.1) is 0 Å². The first-order valence-electron chi connectivity index (χ1n) is 5.51. The van der Waals surface area contributed by atoms with Gasteiger partial charge in [0.25, 0.3) is 10.0 Å². The Balaban J connectivity index is 2.15. The van der Waals surface area contributed by atoms with Gasteiger partial charge in [-0.1, -0.05) is 12.8 Å². The van der Waals surface area contributed by atoms with E-state index < -0.39 is 10.0 Å². The molecule has 0 amide bonds. The molecule has 0 aromatic carbocycles. The second-order valence-electron chi connectivity index (χ2n) is 4.23. The summed E-state index contributed by atoms with van der Waals surface area (Å²) in [5.74, 6) is 0. The van der Waals surface area contributed by atoms with Gasteiger partial charge >= 0.3 is 0 Å². The molecule has 0 saturated heterocycles. The first-order valence-corrected chi connectivity index (χ1v) is 8.67. The number of rotatable bonds is 3. The van der Waals surface area contributed by atoms with E-state index in [-0.39, 0.29) is 12.1 Å². The van der Waals surface area contributed by atoms with Gasteiger partial charge in [0.15, 0.2) is 0 Å². The molecular weight excluding hydrogens is 324 g/mol. The van der Waals surface area contributed by atoms with E-state index in [0.29, 0.717) is 8.68 Å². The molecule has 1 heterocycles. The van der Waals surface area contributed by atoms with Crippen molar-refractivity contribution >= 4 is 37.3 Å². The molecule has 3 N–H and O–H groups in total. The molecule has 0 bridgehead atoms. The molecule has 1 aliphatic carbocycles. The molecule has 1 fully saturated rings. The van der Waals surface area contributed by atoms with Gasteiger partial charge in [0.05, 0.1) is 0 Å². The predicted octanol–water partition coefficient (Wildman–Crippen LogP) is 2.06. The molecule has 0 spiro atoms. The minimum atomic E-state index is -3.44. The van der Waals surface area contributed by atoms with Crippen LogP contribution in [0.25, 0.3) is 0 Å². The van der Waals surface area contributed by atoms with Crippen molar-refractivity contribution < 1.29 is 8.42 Å². The Labute approximate surface area is 114 Å². The molecule has 96 valence electrons. The van der Waals surface area contributed by atoms with E-state index in [0.717, 1.165) is 25.7 Å². The lowest BCUT2D eigenvalue weighted by molar-refractivity contribution is 0.361. The minimum Gasteiger partial charge on any atom is -0.326 e. The predicted molar refractivity (Wildman–Crippen MR) is 72.6 cm³/mol. The summed E-state index contributed by atoms with van der Waals surface area (Å²) in [7, 11) is -3.44. The van der Waals surface area contributed by atoms with Crippen LogP contribution in [-0.2, 0) is 10.0 Å². The molecule has 0 radical (unpaired) electrons. The third-order valence-electron chi connectivity index (χ3n) is 2.95. The highest BCUT2D eigenvalue weighted by atomic mass is 79.9. The summed E-state index contributed by atoms with van der Waals surface area (Å²) in [5.41, 5.74) is 5.94. The standard InChI is InChI=1S/C10H15BrN2O2S2/c11-7-5-6-16-10(7)17(14,15)13-9-4-2-1-3-8(9)12/h5-6,8-9,13H,1-4,12H2. The van der Waals surface area contributed by atoms with Crippen molar-refractivity contribution in [2.24, 2.45) is 5.73 Å². The van der Waals surface area contributed by atoms with Gasteiger partial charge < -0.3 is 5.73 Å². The molecule has 4 nitrogen and oxygen atoms in total. The number of hydrogen-bond acceptors (Lipinski definition) is 4. The van der Waals surface area contributed by atoms with Gasteiger partial charge in [-0.2, -0.15) is 0 Å². The van der Waals surface area contributed by atoms with E-state index in [9.17, 15) is 8.42 Å². The van der Waals surface area contributed by atoms with Crippen molar-refractivity contribution in [3.8, 4) is 0 Å². The molecule has 2 rings (SSSR count). The minimum absolute atomic E-state index is 0.0720. The third-order valence-corrected chi connectivity index (χ3v) is 7.11. The van der Waals surface area contributed by atoms with Gasteiger partial charge in [-0.25, -0.2) is 13.1 Å². The van der Waals surface area contributed by atoms with Gasteiger partial charge in [0.2, 0.25) is 0 Å². The lowest BCUT2D eigenvalue weighted by atomic mass is 9.92. The Hall–Kier alpha value is 0.0500. The summed E-state index contributed by atoms with van der Waals surface area (Å²) in [5, 5.41) is 1.75. The van der Waals surface area contributed by atoms with Gasteiger partial charge in [0, 0.05) is 16.6 Å². The van der Waals surface area contributed by atoms with Crippen molar-refractivity contribution in [2.45, 2.75) is 42.0 Å². The third kappa shape index (κ3) is 3.08. The van der Waals surface area contributed by atoms with E-state index in [2.05, 4.69) is 20.7 Å². The maximum atomic E-state index is 12.1. The van der Waals surface area contributed by atoms with Crippen LogP contribution >= 0.6 is 27.3 Å². The zero-order valence-electron chi connectivity index (χ0n) is 9.23. The number of nitrogens with one attached hydrogen (secondary N) is 1. The fraction of sp³-hybridized carbons (Fsp3) is 0.600. The monoisotopic (exact) mass is 338 g/mol. The van der Waals surface area contributed by atoms with Gasteiger partial charge in [-0.3, -0.25) is 0 Å². The van der Waals surface area contributed by atoms with Crippen LogP contribution in [0.3, 0.4) is 0 Å². The van der Waals surface area contributed by atoms with Gasteiger partial charge in [-0.05, 0) is 40.2 Å². The van der Waals surface area contributed by atoms with E-state index in [4.69, 9.17) is 5.73 Å². The first kappa shape index (κ1) is 13.5. The second kappa shape index (κ2) is 5.36. The number of halogens is 1. The second-order valence-corrected chi connectivity index (χ2v) is 7.91. The zero-order valence-corrected chi connectivity index (χ0v) is 12.4. The summed E-state index contributed by atoms with van der Waals surface area (Å²) in [4.78, 5) is 0.